The van der Waals surface area contributed by atoms with E-state index in [2.05, 4.69) is 36.5 Å². The molecular weight excluding hydrogens is 314 g/mol. The number of carboxylic acids is 1. The highest BCUT2D eigenvalue weighted by atomic mass is 16.4. The van der Waals surface area contributed by atoms with Crippen molar-refractivity contribution in [3.8, 4) is 11.1 Å². The number of aliphatic carboxylic acids is 1. The number of hydrogen-bond acceptors (Lipinski definition) is 2. The van der Waals surface area contributed by atoms with Gasteiger partial charge in [-0.15, -0.1) is 0 Å². The molecule has 0 saturated heterocycles. The minimum absolute atomic E-state index is 0.120. The fourth-order valence-corrected chi connectivity index (χ4v) is 2.49. The van der Waals surface area contributed by atoms with Gasteiger partial charge in [-0.2, -0.15) is 0 Å². The van der Waals surface area contributed by atoms with E-state index in [1.807, 2.05) is 12.1 Å². The molecule has 132 valence electrons. The molecule has 1 amide bonds. The third-order valence-electron chi connectivity index (χ3n) is 4.24. The fourth-order valence-electron chi connectivity index (χ4n) is 2.49. The van der Waals surface area contributed by atoms with E-state index in [-0.39, 0.29) is 12.5 Å². The molecule has 0 aliphatic carbocycles. The number of benzene rings is 2. The Morgan fingerprint density at radius 3 is 2.08 bits per heavy atom. The lowest BCUT2D eigenvalue weighted by Crippen LogP contribution is -2.31. The summed E-state index contributed by atoms with van der Waals surface area (Å²) in [6.07, 6.45) is 3.49. The zero-order chi connectivity index (χ0) is 18.2. The Hall–Kier alpha value is -2.62. The van der Waals surface area contributed by atoms with Gasteiger partial charge in [0.2, 0.25) is 0 Å². The Kier molecular flexibility index (Phi) is 6.75. The number of carbonyl (C=O) groups is 2. The molecule has 0 heterocycles. The number of unbranched alkanes of at least 4 members (excludes halogenated alkanes) is 1. The van der Waals surface area contributed by atoms with E-state index in [0.29, 0.717) is 5.56 Å². The van der Waals surface area contributed by atoms with E-state index >= 15 is 0 Å². The Labute approximate surface area is 148 Å². The maximum Gasteiger partial charge on any atom is 0.308 e. The topological polar surface area (TPSA) is 66.4 Å². The lowest BCUT2D eigenvalue weighted by molar-refractivity contribution is -0.140. The van der Waals surface area contributed by atoms with Gasteiger partial charge in [0.1, 0.15) is 0 Å². The van der Waals surface area contributed by atoms with Crippen LogP contribution in [-0.2, 0) is 11.2 Å². The van der Waals surface area contributed by atoms with Crippen LogP contribution in [0.15, 0.2) is 48.5 Å². The Balaban J connectivity index is 1.99. The maximum atomic E-state index is 12.1. The van der Waals surface area contributed by atoms with Crippen LogP contribution < -0.4 is 5.32 Å². The third kappa shape index (κ3) is 5.45. The van der Waals surface area contributed by atoms with Gasteiger partial charge in [-0.1, -0.05) is 56.7 Å². The van der Waals surface area contributed by atoms with Crippen LogP contribution >= 0.6 is 0 Å². The number of nitrogens with one attached hydrogen (secondary N) is 1. The van der Waals surface area contributed by atoms with E-state index in [1.54, 1.807) is 19.1 Å². The van der Waals surface area contributed by atoms with E-state index in [0.717, 1.165) is 17.5 Å². The highest BCUT2D eigenvalue weighted by Crippen LogP contribution is 2.21. The average molecular weight is 339 g/mol. The van der Waals surface area contributed by atoms with Crippen molar-refractivity contribution in [2.45, 2.75) is 33.1 Å². The van der Waals surface area contributed by atoms with Gasteiger partial charge in [0.05, 0.1) is 5.92 Å². The summed E-state index contributed by atoms with van der Waals surface area (Å²) in [5, 5.41) is 11.5. The molecule has 4 heteroatoms. The number of rotatable bonds is 8. The molecule has 0 radical (unpaired) electrons. The molecule has 0 aliphatic rings. The monoisotopic (exact) mass is 339 g/mol. The van der Waals surface area contributed by atoms with Gasteiger partial charge in [-0.05, 0) is 41.7 Å². The van der Waals surface area contributed by atoms with Crippen molar-refractivity contribution in [2.24, 2.45) is 5.92 Å². The summed E-state index contributed by atoms with van der Waals surface area (Å²) in [5.41, 5.74) is 4.04. The summed E-state index contributed by atoms with van der Waals surface area (Å²) in [4.78, 5) is 22.8. The molecule has 0 fully saturated rings. The molecular formula is C21H25NO3. The van der Waals surface area contributed by atoms with Gasteiger partial charge in [0, 0.05) is 12.1 Å². The molecule has 1 unspecified atom stereocenters. The summed E-state index contributed by atoms with van der Waals surface area (Å²) in [7, 11) is 0. The Morgan fingerprint density at radius 1 is 1.00 bits per heavy atom. The summed E-state index contributed by atoms with van der Waals surface area (Å²) in [5.74, 6) is -1.78. The zero-order valence-corrected chi connectivity index (χ0v) is 14.8. The lowest BCUT2D eigenvalue weighted by atomic mass is 10.0. The summed E-state index contributed by atoms with van der Waals surface area (Å²) in [6, 6.07) is 15.9. The largest absolute Gasteiger partial charge is 0.481 e. The molecule has 4 nitrogen and oxygen atoms in total. The fraction of sp³-hybridized carbons (Fsp3) is 0.333. The molecule has 2 N–H and O–H groups in total. The smallest absolute Gasteiger partial charge is 0.308 e. The second-order valence-corrected chi connectivity index (χ2v) is 6.33. The minimum atomic E-state index is -0.918. The summed E-state index contributed by atoms with van der Waals surface area (Å²) >= 11 is 0. The number of carbonyl (C=O) groups excluding carboxylic acids is 1. The highest BCUT2D eigenvalue weighted by molar-refractivity contribution is 5.94. The first-order valence-corrected chi connectivity index (χ1v) is 8.71. The van der Waals surface area contributed by atoms with Gasteiger partial charge < -0.3 is 10.4 Å². The maximum absolute atomic E-state index is 12.1. The minimum Gasteiger partial charge on any atom is -0.481 e. The molecule has 2 rings (SSSR count). The van der Waals surface area contributed by atoms with Crippen molar-refractivity contribution in [3.63, 3.8) is 0 Å². The van der Waals surface area contributed by atoms with Crippen LogP contribution in [-0.4, -0.2) is 23.5 Å². The number of amides is 1. The molecule has 2 aromatic carbocycles. The predicted octanol–water partition coefficient (Wildman–Crippen LogP) is 4.15. The standard InChI is InChI=1S/C21H25NO3/c1-3-4-5-16-6-8-17(9-7-16)18-10-12-19(13-11-18)20(23)22-14-15(2)21(24)25/h6-13,15H,3-5,14H2,1-2H3,(H,22,23)(H,24,25). The zero-order valence-electron chi connectivity index (χ0n) is 14.8. The average Bonchev–Trinajstić information content (AvgIpc) is 2.64. The highest BCUT2D eigenvalue weighted by Gasteiger charge is 2.13. The van der Waals surface area contributed by atoms with Gasteiger partial charge in [0.15, 0.2) is 0 Å². The molecule has 0 spiro atoms. The van der Waals surface area contributed by atoms with E-state index in [9.17, 15) is 9.59 Å². The van der Waals surface area contributed by atoms with Crippen LogP contribution in [0.3, 0.4) is 0 Å². The molecule has 2 aromatic rings. The van der Waals surface area contributed by atoms with Gasteiger partial charge in [-0.25, -0.2) is 0 Å². The molecule has 0 saturated carbocycles. The predicted molar refractivity (Wildman–Crippen MR) is 99.6 cm³/mol. The second kappa shape index (κ2) is 9.02. The molecule has 0 bridgehead atoms. The van der Waals surface area contributed by atoms with Gasteiger partial charge >= 0.3 is 5.97 Å². The van der Waals surface area contributed by atoms with Crippen LogP contribution in [0.1, 0.15) is 42.6 Å². The quantitative estimate of drug-likeness (QED) is 0.759. The van der Waals surface area contributed by atoms with Crippen molar-refractivity contribution in [3.05, 3.63) is 59.7 Å². The third-order valence-corrected chi connectivity index (χ3v) is 4.24. The Bertz CT molecular complexity index is 705. The van der Waals surface area contributed by atoms with Crippen LogP contribution in [0.2, 0.25) is 0 Å². The Morgan fingerprint density at radius 2 is 1.56 bits per heavy atom. The van der Waals surface area contributed by atoms with Crippen molar-refractivity contribution >= 4 is 11.9 Å². The second-order valence-electron chi connectivity index (χ2n) is 6.33. The van der Waals surface area contributed by atoms with E-state index in [4.69, 9.17) is 5.11 Å². The normalized spacial score (nSPS) is 11.8. The van der Waals surface area contributed by atoms with E-state index in [1.165, 1.54) is 18.4 Å². The van der Waals surface area contributed by atoms with Crippen LogP contribution in [0.5, 0.6) is 0 Å². The molecule has 0 aromatic heterocycles. The first kappa shape index (κ1) is 18.7. The van der Waals surface area contributed by atoms with Gasteiger partial charge in [-0.3, -0.25) is 9.59 Å². The van der Waals surface area contributed by atoms with Crippen molar-refractivity contribution in [1.82, 2.24) is 5.32 Å². The van der Waals surface area contributed by atoms with Crippen molar-refractivity contribution < 1.29 is 14.7 Å². The summed E-state index contributed by atoms with van der Waals surface area (Å²) in [6.45, 7) is 3.87. The first-order chi connectivity index (χ1) is 12.0. The summed E-state index contributed by atoms with van der Waals surface area (Å²) < 4.78 is 0. The van der Waals surface area contributed by atoms with Crippen molar-refractivity contribution in [2.75, 3.05) is 6.54 Å². The van der Waals surface area contributed by atoms with Crippen LogP contribution in [0, 0.1) is 5.92 Å². The van der Waals surface area contributed by atoms with Crippen LogP contribution in [0.4, 0.5) is 0 Å². The van der Waals surface area contributed by atoms with Crippen molar-refractivity contribution in [1.29, 1.82) is 0 Å². The SMILES string of the molecule is CCCCc1ccc(-c2ccc(C(=O)NCC(C)C(=O)O)cc2)cc1. The molecule has 25 heavy (non-hydrogen) atoms. The number of carboxylic acid groups (broad SMARTS) is 1. The first-order valence-electron chi connectivity index (χ1n) is 8.71. The lowest BCUT2D eigenvalue weighted by Gasteiger charge is -2.09. The number of hydrogen-bond donors (Lipinski definition) is 2. The van der Waals surface area contributed by atoms with Gasteiger partial charge in [0.25, 0.3) is 5.91 Å². The molecule has 1 atom stereocenters. The van der Waals surface area contributed by atoms with Crippen LogP contribution in [0.25, 0.3) is 11.1 Å². The molecule has 0 aliphatic heterocycles. The number of aryl methyl sites for hydroxylation is 1. The van der Waals surface area contributed by atoms with E-state index < -0.39 is 11.9 Å².